The van der Waals surface area contributed by atoms with Crippen LogP contribution in [0.4, 0.5) is 10.8 Å². The van der Waals surface area contributed by atoms with Gasteiger partial charge in [0, 0.05) is 23.4 Å². The van der Waals surface area contributed by atoms with Crippen molar-refractivity contribution in [2.24, 2.45) is 0 Å². The fourth-order valence-corrected chi connectivity index (χ4v) is 4.60. The van der Waals surface area contributed by atoms with Gasteiger partial charge in [0.05, 0.1) is 24.7 Å². The Morgan fingerprint density at radius 2 is 1.74 bits per heavy atom. The summed E-state index contributed by atoms with van der Waals surface area (Å²) in [6, 6.07) is 9.62. The van der Waals surface area contributed by atoms with Crippen LogP contribution in [-0.2, 0) is 5.75 Å². The second kappa shape index (κ2) is 12.2. The molecule has 0 atom stereocenters. The predicted octanol–water partition coefficient (Wildman–Crippen LogP) is 5.19. The maximum Gasteiger partial charge on any atom is 0.269 e. The zero-order valence-electron chi connectivity index (χ0n) is 18.9. The first-order chi connectivity index (χ1) is 16.4. The van der Waals surface area contributed by atoms with Crippen LogP contribution in [0.3, 0.4) is 0 Å². The molecule has 0 aliphatic heterocycles. The molecule has 0 aliphatic rings. The number of nitro groups is 1. The number of carbonyl (C=O) groups excluding carboxylic acids is 1. The highest BCUT2D eigenvalue weighted by atomic mass is 32.2. The standard InChI is InChI=1S/C22H24N4O6S2/c1-4-30-17-11-15(12-18(31-5-2)19(17)32-6-3)20(27)23-21-24-25-22(34-21)33-13-14-8-7-9-16(10-14)26(28)29/h7-12H,4-6,13H2,1-3H3,(H,23,24,27). The maximum atomic E-state index is 12.9. The smallest absolute Gasteiger partial charge is 0.269 e. The number of anilines is 1. The Balaban J connectivity index is 1.71. The maximum absolute atomic E-state index is 12.9. The van der Waals surface area contributed by atoms with E-state index in [9.17, 15) is 14.9 Å². The molecule has 180 valence electrons. The lowest BCUT2D eigenvalue weighted by Gasteiger charge is -2.16. The molecule has 0 spiro atoms. The zero-order chi connectivity index (χ0) is 24.5. The Morgan fingerprint density at radius 1 is 1.06 bits per heavy atom. The fraction of sp³-hybridized carbons (Fsp3) is 0.318. The van der Waals surface area contributed by atoms with Gasteiger partial charge >= 0.3 is 0 Å². The Kier molecular flexibility index (Phi) is 9.05. The van der Waals surface area contributed by atoms with Crippen LogP contribution in [0.25, 0.3) is 0 Å². The van der Waals surface area contributed by atoms with E-state index in [1.165, 1.54) is 35.2 Å². The molecule has 0 radical (unpaired) electrons. The summed E-state index contributed by atoms with van der Waals surface area (Å²) in [5, 5.41) is 22.1. The highest BCUT2D eigenvalue weighted by Crippen LogP contribution is 2.39. The number of hydrogen-bond acceptors (Lipinski definition) is 10. The van der Waals surface area contributed by atoms with Crippen molar-refractivity contribution in [3.63, 3.8) is 0 Å². The van der Waals surface area contributed by atoms with Crippen LogP contribution in [0.15, 0.2) is 40.7 Å². The number of nitrogens with one attached hydrogen (secondary N) is 1. The van der Waals surface area contributed by atoms with E-state index in [1.807, 2.05) is 26.8 Å². The molecule has 1 N–H and O–H groups in total. The number of nitro benzene ring substituents is 1. The molecule has 1 aromatic heterocycles. The lowest BCUT2D eigenvalue weighted by atomic mass is 10.1. The van der Waals surface area contributed by atoms with Gasteiger partial charge in [0.1, 0.15) is 0 Å². The average molecular weight is 505 g/mol. The van der Waals surface area contributed by atoms with Crippen molar-refractivity contribution in [3.8, 4) is 17.2 Å². The van der Waals surface area contributed by atoms with Crippen molar-refractivity contribution in [2.45, 2.75) is 30.9 Å². The fourth-order valence-electron chi connectivity index (χ4n) is 2.91. The van der Waals surface area contributed by atoms with E-state index in [1.54, 1.807) is 18.2 Å². The predicted molar refractivity (Wildman–Crippen MR) is 130 cm³/mol. The first-order valence-electron chi connectivity index (χ1n) is 10.5. The topological polar surface area (TPSA) is 126 Å². The van der Waals surface area contributed by atoms with Gasteiger partial charge in [-0.3, -0.25) is 20.2 Å². The molecule has 2 aromatic carbocycles. The van der Waals surface area contributed by atoms with Crippen LogP contribution in [0.1, 0.15) is 36.7 Å². The number of hydrogen-bond donors (Lipinski definition) is 1. The van der Waals surface area contributed by atoms with Gasteiger partial charge in [0.15, 0.2) is 15.8 Å². The molecule has 10 nitrogen and oxygen atoms in total. The van der Waals surface area contributed by atoms with Crippen molar-refractivity contribution in [3.05, 3.63) is 57.6 Å². The highest BCUT2D eigenvalue weighted by molar-refractivity contribution is 8.00. The highest BCUT2D eigenvalue weighted by Gasteiger charge is 2.19. The molecule has 0 saturated carbocycles. The lowest BCUT2D eigenvalue weighted by Crippen LogP contribution is -2.13. The molecule has 0 saturated heterocycles. The minimum Gasteiger partial charge on any atom is -0.490 e. The van der Waals surface area contributed by atoms with Gasteiger partial charge in [-0.1, -0.05) is 35.2 Å². The zero-order valence-corrected chi connectivity index (χ0v) is 20.5. The minimum atomic E-state index is -0.429. The summed E-state index contributed by atoms with van der Waals surface area (Å²) < 4.78 is 17.6. The van der Waals surface area contributed by atoms with Crippen molar-refractivity contribution in [1.29, 1.82) is 0 Å². The minimum absolute atomic E-state index is 0.0384. The van der Waals surface area contributed by atoms with Crippen LogP contribution in [0, 0.1) is 10.1 Å². The van der Waals surface area contributed by atoms with Crippen molar-refractivity contribution in [2.75, 3.05) is 25.1 Å². The van der Waals surface area contributed by atoms with E-state index >= 15 is 0 Å². The number of benzene rings is 2. The number of carbonyl (C=O) groups is 1. The van der Waals surface area contributed by atoms with Gasteiger partial charge in [0.25, 0.3) is 11.6 Å². The second-order valence-electron chi connectivity index (χ2n) is 6.64. The monoisotopic (exact) mass is 504 g/mol. The molecule has 0 aliphatic carbocycles. The molecule has 0 bridgehead atoms. The normalized spacial score (nSPS) is 10.6. The van der Waals surface area contributed by atoms with Gasteiger partial charge in [0.2, 0.25) is 10.9 Å². The third-order valence-electron chi connectivity index (χ3n) is 4.28. The van der Waals surface area contributed by atoms with Gasteiger partial charge in [-0.25, -0.2) is 0 Å². The Morgan fingerprint density at radius 3 is 2.35 bits per heavy atom. The average Bonchev–Trinajstić information content (AvgIpc) is 3.27. The van der Waals surface area contributed by atoms with Crippen LogP contribution in [0.2, 0.25) is 0 Å². The molecule has 12 heteroatoms. The van der Waals surface area contributed by atoms with Gasteiger partial charge in [-0.15, -0.1) is 10.2 Å². The van der Waals surface area contributed by atoms with E-state index in [4.69, 9.17) is 14.2 Å². The number of aromatic nitrogens is 2. The van der Waals surface area contributed by atoms with Crippen molar-refractivity contribution < 1.29 is 23.9 Å². The second-order valence-corrected chi connectivity index (χ2v) is 8.84. The molecule has 1 heterocycles. The molecular formula is C22H24N4O6S2. The lowest BCUT2D eigenvalue weighted by molar-refractivity contribution is -0.384. The Labute approximate surface area is 204 Å². The SMILES string of the molecule is CCOc1cc(C(=O)Nc2nnc(SCc3cccc([N+](=O)[O-])c3)s2)cc(OCC)c1OCC. The van der Waals surface area contributed by atoms with Gasteiger partial charge in [-0.2, -0.15) is 0 Å². The first kappa shape index (κ1) is 25.2. The summed E-state index contributed by atoms with van der Waals surface area (Å²) in [4.78, 5) is 23.4. The van der Waals surface area contributed by atoms with Gasteiger partial charge in [-0.05, 0) is 38.5 Å². The van der Waals surface area contributed by atoms with E-state index < -0.39 is 10.8 Å². The summed E-state index contributed by atoms with van der Waals surface area (Å²) in [6.45, 7) is 6.77. The number of nitrogens with zero attached hydrogens (tertiary/aromatic N) is 3. The van der Waals surface area contributed by atoms with Crippen LogP contribution in [0.5, 0.6) is 17.2 Å². The molecule has 3 aromatic rings. The molecule has 0 unspecified atom stereocenters. The number of amides is 1. The van der Waals surface area contributed by atoms with E-state index in [2.05, 4.69) is 15.5 Å². The summed E-state index contributed by atoms with van der Waals surface area (Å²) in [7, 11) is 0. The third kappa shape index (κ3) is 6.58. The van der Waals surface area contributed by atoms with Crippen LogP contribution < -0.4 is 19.5 Å². The van der Waals surface area contributed by atoms with Crippen LogP contribution >= 0.6 is 23.1 Å². The van der Waals surface area contributed by atoms with Crippen LogP contribution in [-0.4, -0.2) is 40.8 Å². The van der Waals surface area contributed by atoms with Gasteiger partial charge < -0.3 is 14.2 Å². The first-order valence-corrected chi connectivity index (χ1v) is 12.3. The quantitative estimate of drug-likeness (QED) is 0.153. The number of non-ortho nitro benzene ring substituents is 1. The summed E-state index contributed by atoms with van der Waals surface area (Å²) in [5.74, 6) is 1.39. The number of thioether (sulfide) groups is 1. The summed E-state index contributed by atoms with van der Waals surface area (Å²) >= 11 is 2.59. The molecule has 3 rings (SSSR count). The third-order valence-corrected chi connectivity index (χ3v) is 6.33. The van der Waals surface area contributed by atoms with E-state index in [0.717, 1.165) is 5.56 Å². The molecular weight excluding hydrogens is 480 g/mol. The molecule has 0 fully saturated rings. The summed E-state index contributed by atoms with van der Waals surface area (Å²) in [5.41, 5.74) is 1.16. The number of rotatable bonds is 12. The number of ether oxygens (including phenoxy) is 3. The Bertz CT molecular complexity index is 1130. The van der Waals surface area contributed by atoms with E-state index in [0.29, 0.717) is 57.9 Å². The van der Waals surface area contributed by atoms with Crippen molar-refractivity contribution >= 4 is 39.8 Å². The van der Waals surface area contributed by atoms with E-state index in [-0.39, 0.29) is 5.69 Å². The molecule has 34 heavy (non-hydrogen) atoms. The summed E-state index contributed by atoms with van der Waals surface area (Å²) in [6.07, 6.45) is 0. The van der Waals surface area contributed by atoms with Crippen molar-refractivity contribution in [1.82, 2.24) is 10.2 Å². The Hall–Kier alpha value is -3.38. The molecule has 1 amide bonds. The largest absolute Gasteiger partial charge is 0.490 e.